The minimum absolute atomic E-state index is 0.0468. The molecule has 0 spiro atoms. The van der Waals surface area contributed by atoms with Gasteiger partial charge in [0.05, 0.1) is 6.04 Å². The molecule has 3 heterocycles. The van der Waals surface area contributed by atoms with Crippen LogP contribution in [0.25, 0.3) is 0 Å². The van der Waals surface area contributed by atoms with Crippen molar-refractivity contribution in [3.8, 4) is 0 Å². The Morgan fingerprint density at radius 1 is 1.42 bits per heavy atom. The van der Waals surface area contributed by atoms with Crippen LogP contribution in [0, 0.1) is 12.8 Å². The van der Waals surface area contributed by atoms with Crippen molar-refractivity contribution in [1.82, 2.24) is 15.0 Å². The van der Waals surface area contributed by atoms with Crippen molar-refractivity contribution in [2.75, 3.05) is 6.54 Å². The first kappa shape index (κ1) is 15.4. The first-order valence-corrected chi connectivity index (χ1v) is 8.80. The van der Waals surface area contributed by atoms with Gasteiger partial charge in [0.25, 0.3) is 0 Å². The summed E-state index contributed by atoms with van der Waals surface area (Å²) in [6.45, 7) is 4.77. The number of hydrogen-bond donors (Lipinski definition) is 0. The lowest BCUT2D eigenvalue weighted by atomic mass is 10.2. The molecule has 1 saturated carbocycles. The number of carbonyl (C=O) groups is 1. The Hall–Kier alpha value is -2.11. The minimum atomic E-state index is -0.0468. The van der Waals surface area contributed by atoms with Crippen LogP contribution in [0.5, 0.6) is 0 Å². The predicted molar refractivity (Wildman–Crippen MR) is 86.3 cm³/mol. The van der Waals surface area contributed by atoms with E-state index in [1.165, 1.54) is 6.42 Å². The monoisotopic (exact) mass is 329 g/mol. The van der Waals surface area contributed by atoms with E-state index in [4.69, 9.17) is 8.94 Å². The number of amides is 1. The van der Waals surface area contributed by atoms with E-state index in [1.54, 1.807) is 6.92 Å². The van der Waals surface area contributed by atoms with Gasteiger partial charge < -0.3 is 13.8 Å². The number of aryl methyl sites for hydroxylation is 2. The van der Waals surface area contributed by atoms with Crippen LogP contribution < -0.4 is 0 Å². The second kappa shape index (κ2) is 6.07. The van der Waals surface area contributed by atoms with Gasteiger partial charge >= 0.3 is 0 Å². The molecule has 4 rings (SSSR count). The second-order valence-electron chi connectivity index (χ2n) is 7.04. The van der Waals surface area contributed by atoms with Crippen LogP contribution in [0.15, 0.2) is 21.1 Å². The maximum absolute atomic E-state index is 12.6. The summed E-state index contributed by atoms with van der Waals surface area (Å²) in [5.74, 6) is 4.60. The maximum Gasteiger partial charge on any atom is 0.223 e. The van der Waals surface area contributed by atoms with Crippen molar-refractivity contribution >= 4 is 5.91 Å². The van der Waals surface area contributed by atoms with Gasteiger partial charge in [0.2, 0.25) is 11.8 Å². The summed E-state index contributed by atoms with van der Waals surface area (Å²) in [7, 11) is 0. The van der Waals surface area contributed by atoms with Crippen molar-refractivity contribution in [3.63, 3.8) is 0 Å². The SMILES string of the molecule is Cc1nc([C@@H]2CCCN2C(=O)CCc2ccc([C@H]3C[C@H]3C)o2)no1. The summed E-state index contributed by atoms with van der Waals surface area (Å²) < 4.78 is 11.0. The first-order valence-electron chi connectivity index (χ1n) is 8.80. The summed E-state index contributed by atoms with van der Waals surface area (Å²) in [6.07, 6.45) is 4.20. The molecule has 6 heteroatoms. The number of carbonyl (C=O) groups excluding carboxylic acids is 1. The Balaban J connectivity index is 1.36. The largest absolute Gasteiger partial charge is 0.466 e. The highest BCUT2D eigenvalue weighted by atomic mass is 16.5. The molecule has 2 aromatic rings. The van der Waals surface area contributed by atoms with Gasteiger partial charge in [-0.25, -0.2) is 0 Å². The molecular weight excluding hydrogens is 306 g/mol. The number of nitrogens with zero attached hydrogens (tertiary/aromatic N) is 3. The number of furan rings is 1. The normalized spacial score (nSPS) is 26.1. The summed E-state index contributed by atoms with van der Waals surface area (Å²) in [5.41, 5.74) is 0. The Kier molecular flexibility index (Phi) is 3.90. The smallest absolute Gasteiger partial charge is 0.223 e. The van der Waals surface area contributed by atoms with Crippen molar-refractivity contribution in [1.29, 1.82) is 0 Å². The molecule has 0 N–H and O–H groups in total. The molecule has 1 aliphatic carbocycles. The molecule has 2 fully saturated rings. The highest BCUT2D eigenvalue weighted by molar-refractivity contribution is 5.77. The molecule has 1 saturated heterocycles. The number of aromatic nitrogens is 2. The molecule has 0 radical (unpaired) electrons. The number of hydrogen-bond acceptors (Lipinski definition) is 5. The molecule has 1 amide bonds. The average Bonchev–Trinajstić information content (AvgIpc) is 3.03. The zero-order chi connectivity index (χ0) is 16.7. The standard InChI is InChI=1S/C18H23N3O3/c1-11-10-14(11)16-7-5-13(23-16)6-8-17(22)21-9-3-4-15(21)18-19-12(2)24-20-18/h5,7,11,14-15H,3-4,6,8-10H2,1-2H3/t11-,14+,15+/m1/s1. The number of likely N-dealkylation sites (tertiary alicyclic amines) is 1. The van der Waals surface area contributed by atoms with Gasteiger partial charge in [-0.1, -0.05) is 12.1 Å². The third-order valence-electron chi connectivity index (χ3n) is 5.16. The summed E-state index contributed by atoms with van der Waals surface area (Å²) in [4.78, 5) is 18.8. The van der Waals surface area contributed by atoms with Crippen LogP contribution in [-0.4, -0.2) is 27.5 Å². The average molecular weight is 329 g/mol. The lowest BCUT2D eigenvalue weighted by Gasteiger charge is -2.22. The predicted octanol–water partition coefficient (Wildman–Crippen LogP) is 3.39. The zero-order valence-corrected chi connectivity index (χ0v) is 14.2. The van der Waals surface area contributed by atoms with Gasteiger partial charge in [-0.05, 0) is 37.3 Å². The fourth-order valence-corrected chi connectivity index (χ4v) is 3.60. The third kappa shape index (κ3) is 2.97. The van der Waals surface area contributed by atoms with Gasteiger partial charge in [0.15, 0.2) is 5.82 Å². The van der Waals surface area contributed by atoms with Crippen molar-refractivity contribution < 1.29 is 13.7 Å². The Bertz CT molecular complexity index is 735. The zero-order valence-electron chi connectivity index (χ0n) is 14.2. The highest BCUT2D eigenvalue weighted by Crippen LogP contribution is 2.47. The maximum atomic E-state index is 12.6. The van der Waals surface area contributed by atoms with E-state index in [1.807, 2.05) is 11.0 Å². The van der Waals surface area contributed by atoms with Gasteiger partial charge in [0, 0.05) is 32.2 Å². The van der Waals surface area contributed by atoms with E-state index in [-0.39, 0.29) is 11.9 Å². The molecule has 6 nitrogen and oxygen atoms in total. The van der Waals surface area contributed by atoms with E-state index in [9.17, 15) is 4.79 Å². The second-order valence-corrected chi connectivity index (χ2v) is 7.04. The molecule has 0 bridgehead atoms. The van der Waals surface area contributed by atoms with E-state index >= 15 is 0 Å². The van der Waals surface area contributed by atoms with Crippen LogP contribution in [-0.2, 0) is 11.2 Å². The Labute approximate surface area is 141 Å². The molecule has 1 aliphatic heterocycles. The van der Waals surface area contributed by atoms with Crippen molar-refractivity contribution in [2.45, 2.75) is 57.9 Å². The van der Waals surface area contributed by atoms with Crippen molar-refractivity contribution in [3.05, 3.63) is 35.4 Å². The van der Waals surface area contributed by atoms with Crippen LogP contribution in [0.4, 0.5) is 0 Å². The van der Waals surface area contributed by atoms with Crippen LogP contribution in [0.2, 0.25) is 0 Å². The molecule has 3 atom stereocenters. The van der Waals surface area contributed by atoms with Crippen LogP contribution >= 0.6 is 0 Å². The molecule has 0 aromatic carbocycles. The Morgan fingerprint density at radius 3 is 2.96 bits per heavy atom. The molecular formula is C18H23N3O3. The molecule has 128 valence electrons. The van der Waals surface area contributed by atoms with E-state index in [0.717, 1.165) is 36.8 Å². The molecule has 24 heavy (non-hydrogen) atoms. The first-order chi connectivity index (χ1) is 11.6. The van der Waals surface area contributed by atoms with Crippen molar-refractivity contribution in [2.24, 2.45) is 5.92 Å². The van der Waals surface area contributed by atoms with E-state index in [0.29, 0.717) is 30.5 Å². The number of rotatable bonds is 5. The van der Waals surface area contributed by atoms with Gasteiger partial charge in [0.1, 0.15) is 11.5 Å². The van der Waals surface area contributed by atoms with Crippen LogP contribution in [0.3, 0.4) is 0 Å². The quantitative estimate of drug-likeness (QED) is 0.840. The topological polar surface area (TPSA) is 72.4 Å². The van der Waals surface area contributed by atoms with Gasteiger partial charge in [-0.2, -0.15) is 4.98 Å². The van der Waals surface area contributed by atoms with E-state index < -0.39 is 0 Å². The third-order valence-corrected chi connectivity index (χ3v) is 5.16. The minimum Gasteiger partial charge on any atom is -0.466 e. The van der Waals surface area contributed by atoms with Gasteiger partial charge in [-0.15, -0.1) is 0 Å². The molecule has 2 aromatic heterocycles. The fraction of sp³-hybridized carbons (Fsp3) is 0.611. The Morgan fingerprint density at radius 2 is 2.25 bits per heavy atom. The van der Waals surface area contributed by atoms with E-state index in [2.05, 4.69) is 23.1 Å². The van der Waals surface area contributed by atoms with Crippen LogP contribution in [0.1, 0.15) is 67.8 Å². The fourth-order valence-electron chi connectivity index (χ4n) is 3.60. The summed E-state index contributed by atoms with van der Waals surface area (Å²) in [6, 6.07) is 4.03. The molecule has 0 unspecified atom stereocenters. The lowest BCUT2D eigenvalue weighted by Crippen LogP contribution is -2.31. The molecule has 2 aliphatic rings. The summed E-state index contributed by atoms with van der Waals surface area (Å²) in [5, 5.41) is 3.99. The van der Waals surface area contributed by atoms with Gasteiger partial charge in [-0.3, -0.25) is 4.79 Å². The lowest BCUT2D eigenvalue weighted by molar-refractivity contribution is -0.132. The summed E-state index contributed by atoms with van der Waals surface area (Å²) >= 11 is 0. The highest BCUT2D eigenvalue weighted by Gasteiger charge is 2.37.